The number of carbonyl (C=O) groups excluding carboxylic acids is 1. The van der Waals surface area contributed by atoms with Crippen LogP contribution in [-0.2, 0) is 19.3 Å². The summed E-state index contributed by atoms with van der Waals surface area (Å²) in [6.45, 7) is 15.1. The van der Waals surface area contributed by atoms with Crippen LogP contribution in [0.5, 0.6) is 0 Å². The van der Waals surface area contributed by atoms with Gasteiger partial charge < -0.3 is 18.8 Å². The Bertz CT molecular complexity index is 887. The fourth-order valence-corrected chi connectivity index (χ4v) is 5.75. The summed E-state index contributed by atoms with van der Waals surface area (Å²) in [6, 6.07) is 19.3. The summed E-state index contributed by atoms with van der Waals surface area (Å²) in [5, 5.41) is 2.43. The van der Waals surface area contributed by atoms with Crippen molar-refractivity contribution in [2.75, 3.05) is 32.9 Å². The average molecular weight is 469 g/mol. The maximum absolute atomic E-state index is 12.6. The second-order valence-corrected chi connectivity index (χ2v) is 12.8. The minimum absolute atomic E-state index is 0.0950. The molecule has 1 saturated heterocycles. The second kappa shape index (κ2) is 10.8. The molecule has 0 spiro atoms. The summed E-state index contributed by atoms with van der Waals surface area (Å²) in [5.74, 6) is 0.0950. The second-order valence-electron chi connectivity index (χ2n) is 10.7. The standard InChI is InChI=1S/C27H38NO4Si/c1-26(2,3)22-12-14-24(15-13-22)33(23-10-8-7-9-11-23)31-20-21-18-28(16-17-30-19-21)25(29)32-27(4,5)6/h7-15,21H,16-20H2,1-6H3. The Balaban J connectivity index is 1.73. The Morgan fingerprint density at radius 3 is 2.24 bits per heavy atom. The number of nitrogens with zero attached hydrogens (tertiary/aromatic N) is 1. The van der Waals surface area contributed by atoms with Gasteiger partial charge in [0.1, 0.15) is 5.60 Å². The third-order valence-corrected chi connectivity index (χ3v) is 7.67. The van der Waals surface area contributed by atoms with Crippen LogP contribution in [0.3, 0.4) is 0 Å². The van der Waals surface area contributed by atoms with Crippen LogP contribution in [-0.4, -0.2) is 58.5 Å². The molecular formula is C27H38NO4Si. The Hall–Kier alpha value is -2.15. The lowest BCUT2D eigenvalue weighted by Gasteiger charge is -2.28. The predicted octanol–water partition coefficient (Wildman–Crippen LogP) is 3.99. The van der Waals surface area contributed by atoms with Gasteiger partial charge in [-0.3, -0.25) is 0 Å². The van der Waals surface area contributed by atoms with Gasteiger partial charge in [-0.15, -0.1) is 0 Å². The molecule has 179 valence electrons. The van der Waals surface area contributed by atoms with Gasteiger partial charge in [-0.2, -0.15) is 0 Å². The molecule has 5 nitrogen and oxygen atoms in total. The quantitative estimate of drug-likeness (QED) is 0.623. The van der Waals surface area contributed by atoms with Gasteiger partial charge in [0.05, 0.1) is 13.2 Å². The van der Waals surface area contributed by atoms with Gasteiger partial charge in [0, 0.05) is 25.6 Å². The zero-order valence-electron chi connectivity index (χ0n) is 20.9. The molecule has 1 fully saturated rings. The SMILES string of the molecule is CC(C)(C)OC(=O)N1CCOCC(CO[Si](c2ccccc2)c2ccc(C(C)(C)C)cc2)C1. The van der Waals surface area contributed by atoms with E-state index in [0.717, 1.165) is 0 Å². The molecule has 0 N–H and O–H groups in total. The molecule has 1 heterocycles. The Morgan fingerprint density at radius 2 is 1.64 bits per heavy atom. The number of ether oxygens (including phenoxy) is 2. The summed E-state index contributed by atoms with van der Waals surface area (Å²) < 4.78 is 18.0. The van der Waals surface area contributed by atoms with Crippen molar-refractivity contribution in [1.29, 1.82) is 0 Å². The van der Waals surface area contributed by atoms with Gasteiger partial charge in [0.2, 0.25) is 0 Å². The zero-order valence-corrected chi connectivity index (χ0v) is 21.9. The van der Waals surface area contributed by atoms with E-state index in [0.29, 0.717) is 32.9 Å². The fourth-order valence-electron chi connectivity index (χ4n) is 3.72. The lowest BCUT2D eigenvalue weighted by atomic mass is 9.87. The van der Waals surface area contributed by atoms with Crippen molar-refractivity contribution in [3.05, 3.63) is 60.2 Å². The van der Waals surface area contributed by atoms with Crippen molar-refractivity contribution in [2.24, 2.45) is 5.92 Å². The first-order chi connectivity index (χ1) is 15.5. The molecule has 3 rings (SSSR count). The maximum atomic E-state index is 12.6. The van der Waals surface area contributed by atoms with Crippen LogP contribution in [0.15, 0.2) is 54.6 Å². The summed E-state index contributed by atoms with van der Waals surface area (Å²) >= 11 is 0. The van der Waals surface area contributed by atoms with Crippen LogP contribution in [0.2, 0.25) is 0 Å². The third kappa shape index (κ3) is 7.69. The minimum Gasteiger partial charge on any atom is -0.444 e. The number of amides is 1. The van der Waals surface area contributed by atoms with Crippen LogP contribution in [0.1, 0.15) is 47.1 Å². The highest BCUT2D eigenvalue weighted by atomic mass is 28.3. The molecule has 0 saturated carbocycles. The van der Waals surface area contributed by atoms with Crippen molar-refractivity contribution in [1.82, 2.24) is 4.90 Å². The Kier molecular flexibility index (Phi) is 8.37. The van der Waals surface area contributed by atoms with Crippen molar-refractivity contribution < 1.29 is 18.7 Å². The summed E-state index contributed by atoms with van der Waals surface area (Å²) in [6.07, 6.45) is -0.288. The van der Waals surface area contributed by atoms with Gasteiger partial charge in [-0.05, 0) is 42.1 Å². The number of hydrogen-bond acceptors (Lipinski definition) is 4. The van der Waals surface area contributed by atoms with Gasteiger partial charge in [0.25, 0.3) is 9.04 Å². The monoisotopic (exact) mass is 468 g/mol. The first kappa shape index (κ1) is 25.5. The van der Waals surface area contributed by atoms with Crippen molar-refractivity contribution >= 4 is 25.5 Å². The van der Waals surface area contributed by atoms with Gasteiger partial charge >= 0.3 is 6.09 Å². The van der Waals surface area contributed by atoms with E-state index in [1.54, 1.807) is 4.90 Å². The highest BCUT2D eigenvalue weighted by Gasteiger charge is 2.28. The highest BCUT2D eigenvalue weighted by molar-refractivity contribution is 6.80. The van der Waals surface area contributed by atoms with Crippen molar-refractivity contribution in [3.8, 4) is 0 Å². The molecule has 0 bridgehead atoms. The lowest BCUT2D eigenvalue weighted by Crippen LogP contribution is -2.47. The van der Waals surface area contributed by atoms with Crippen molar-refractivity contribution in [2.45, 2.75) is 52.6 Å². The van der Waals surface area contributed by atoms with Gasteiger partial charge in [0.15, 0.2) is 0 Å². The maximum Gasteiger partial charge on any atom is 0.410 e. The fraction of sp³-hybridized carbons (Fsp3) is 0.519. The summed E-state index contributed by atoms with van der Waals surface area (Å²) in [7, 11) is -1.43. The van der Waals surface area contributed by atoms with E-state index in [1.165, 1.54) is 15.9 Å². The molecule has 1 amide bonds. The lowest BCUT2D eigenvalue weighted by molar-refractivity contribution is 0.0227. The van der Waals surface area contributed by atoms with E-state index in [2.05, 4.69) is 69.3 Å². The molecular weight excluding hydrogens is 430 g/mol. The average Bonchev–Trinajstić information content (AvgIpc) is 2.99. The first-order valence-corrected chi connectivity index (χ1v) is 13.2. The largest absolute Gasteiger partial charge is 0.444 e. The molecule has 1 radical (unpaired) electrons. The topological polar surface area (TPSA) is 48.0 Å². The molecule has 1 atom stereocenters. The van der Waals surface area contributed by atoms with Crippen LogP contribution in [0.25, 0.3) is 0 Å². The molecule has 2 aromatic rings. The smallest absolute Gasteiger partial charge is 0.410 e. The molecule has 0 aliphatic carbocycles. The predicted molar refractivity (Wildman–Crippen MR) is 135 cm³/mol. The molecule has 6 heteroatoms. The van der Waals surface area contributed by atoms with E-state index < -0.39 is 14.6 Å². The number of carbonyl (C=O) groups is 1. The number of rotatable bonds is 5. The van der Waals surface area contributed by atoms with Gasteiger partial charge in [-0.25, -0.2) is 4.79 Å². The number of hydrogen-bond donors (Lipinski definition) is 0. The zero-order chi connectivity index (χ0) is 24.1. The van der Waals surface area contributed by atoms with E-state index in [4.69, 9.17) is 13.9 Å². The van der Waals surface area contributed by atoms with Crippen LogP contribution < -0.4 is 10.4 Å². The van der Waals surface area contributed by atoms with Crippen LogP contribution in [0.4, 0.5) is 4.79 Å². The molecule has 1 aliphatic rings. The first-order valence-electron chi connectivity index (χ1n) is 11.7. The van der Waals surface area contributed by atoms with E-state index in [9.17, 15) is 4.79 Å². The normalized spacial score (nSPS) is 17.7. The Labute approximate surface area is 200 Å². The van der Waals surface area contributed by atoms with E-state index in [1.807, 2.05) is 26.8 Å². The van der Waals surface area contributed by atoms with E-state index >= 15 is 0 Å². The highest BCUT2D eigenvalue weighted by Crippen LogP contribution is 2.21. The molecule has 2 aromatic carbocycles. The summed E-state index contributed by atoms with van der Waals surface area (Å²) in [5.41, 5.74) is 0.909. The van der Waals surface area contributed by atoms with E-state index in [-0.39, 0.29) is 17.4 Å². The third-order valence-electron chi connectivity index (χ3n) is 5.50. The molecule has 1 aliphatic heterocycles. The van der Waals surface area contributed by atoms with Crippen LogP contribution in [0, 0.1) is 5.92 Å². The Morgan fingerprint density at radius 1 is 1.00 bits per heavy atom. The van der Waals surface area contributed by atoms with Crippen molar-refractivity contribution in [3.63, 3.8) is 0 Å². The van der Waals surface area contributed by atoms with Gasteiger partial charge in [-0.1, -0.05) is 75.4 Å². The molecule has 1 unspecified atom stereocenters. The van der Waals surface area contributed by atoms with Crippen LogP contribution >= 0.6 is 0 Å². The molecule has 33 heavy (non-hydrogen) atoms. The number of benzene rings is 2. The minimum atomic E-state index is -1.43. The molecule has 0 aromatic heterocycles. The summed E-state index contributed by atoms with van der Waals surface area (Å²) in [4.78, 5) is 14.4.